The predicted octanol–water partition coefficient (Wildman–Crippen LogP) is 2.35. The molecule has 0 radical (unpaired) electrons. The first-order chi connectivity index (χ1) is 15.6. The Balaban J connectivity index is 1.27. The van der Waals surface area contributed by atoms with Gasteiger partial charge >= 0.3 is 0 Å². The van der Waals surface area contributed by atoms with Crippen molar-refractivity contribution in [3.8, 4) is 11.5 Å². The van der Waals surface area contributed by atoms with Crippen LogP contribution in [0.4, 0.5) is 5.69 Å². The first-order valence-electron chi connectivity index (χ1n) is 10.8. The molecule has 7 nitrogen and oxygen atoms in total. The summed E-state index contributed by atoms with van der Waals surface area (Å²) in [5, 5.41) is 3.01. The molecule has 1 spiro atoms. The molecule has 2 amide bonds. The van der Waals surface area contributed by atoms with E-state index in [1.54, 1.807) is 19.1 Å². The lowest BCUT2D eigenvalue weighted by Gasteiger charge is -2.23. The maximum Gasteiger partial charge on any atom is 0.234 e. The summed E-state index contributed by atoms with van der Waals surface area (Å²) in [5.74, 6) is 0.102. The third-order valence-corrected chi connectivity index (χ3v) is 6.63. The van der Waals surface area contributed by atoms with Gasteiger partial charge in [-0.15, -0.1) is 0 Å². The van der Waals surface area contributed by atoms with Crippen molar-refractivity contribution in [1.82, 2.24) is 5.32 Å². The number of nitrogens with one attached hydrogen (secondary N) is 1. The van der Waals surface area contributed by atoms with E-state index in [1.807, 2.05) is 60.7 Å². The summed E-state index contributed by atoms with van der Waals surface area (Å²) in [6.07, 6.45) is 4.18. The molecule has 2 aromatic rings. The Hall–Kier alpha value is -3.32. The molecule has 2 aromatic carbocycles. The van der Waals surface area contributed by atoms with Crippen molar-refractivity contribution >= 4 is 17.5 Å². The molecule has 0 aromatic heterocycles. The third kappa shape index (κ3) is 3.24. The fourth-order valence-electron chi connectivity index (χ4n) is 5.11. The molecular weight excluding hydrogens is 408 g/mol. The lowest BCUT2D eigenvalue weighted by atomic mass is 9.77. The highest BCUT2D eigenvalue weighted by molar-refractivity contribution is 6.03. The van der Waals surface area contributed by atoms with E-state index in [-0.39, 0.29) is 17.9 Å². The van der Waals surface area contributed by atoms with E-state index in [9.17, 15) is 9.59 Å². The minimum absolute atomic E-state index is 0.0527. The maximum absolute atomic E-state index is 13.3. The number of carbonyl (C=O) groups excluding carboxylic acids is 2. The van der Waals surface area contributed by atoms with Crippen LogP contribution in [-0.4, -0.2) is 50.8 Å². The topological polar surface area (TPSA) is 77.1 Å². The SMILES string of the molecule is COc1ccc(CCNC(=O)[C@@H]2[C@H]3C(=O)N(c4ccccc4)C[C@@]34C=C[C@H]2O4)cc1OC. The second kappa shape index (κ2) is 7.98. The molecule has 0 unspecified atom stereocenters. The summed E-state index contributed by atoms with van der Waals surface area (Å²) in [6.45, 7) is 0.889. The van der Waals surface area contributed by atoms with Crippen LogP contribution in [-0.2, 0) is 20.7 Å². The Kier molecular flexibility index (Phi) is 5.13. The van der Waals surface area contributed by atoms with Crippen LogP contribution >= 0.6 is 0 Å². The summed E-state index contributed by atoms with van der Waals surface area (Å²) in [5.41, 5.74) is 1.13. The first-order valence-corrected chi connectivity index (χ1v) is 10.8. The summed E-state index contributed by atoms with van der Waals surface area (Å²) in [4.78, 5) is 28.2. The zero-order valence-electron chi connectivity index (χ0n) is 18.1. The van der Waals surface area contributed by atoms with Gasteiger partial charge in [-0.05, 0) is 36.2 Å². The van der Waals surface area contributed by atoms with E-state index in [2.05, 4.69) is 5.32 Å². The van der Waals surface area contributed by atoms with Gasteiger partial charge in [0.05, 0.1) is 38.7 Å². The van der Waals surface area contributed by atoms with Crippen LogP contribution in [0.5, 0.6) is 11.5 Å². The normalized spacial score (nSPS) is 27.5. The number of benzene rings is 2. The van der Waals surface area contributed by atoms with Crippen LogP contribution in [0.2, 0.25) is 0 Å². The van der Waals surface area contributed by atoms with Crippen molar-refractivity contribution in [2.45, 2.75) is 18.1 Å². The molecule has 2 saturated heterocycles. The van der Waals surface area contributed by atoms with Crippen molar-refractivity contribution in [2.75, 3.05) is 32.2 Å². The number of para-hydroxylation sites is 1. The van der Waals surface area contributed by atoms with Gasteiger partial charge in [0, 0.05) is 12.2 Å². The highest BCUT2D eigenvalue weighted by Gasteiger charge is 2.66. The smallest absolute Gasteiger partial charge is 0.234 e. The average molecular weight is 434 g/mol. The van der Waals surface area contributed by atoms with Crippen LogP contribution < -0.4 is 19.7 Å². The van der Waals surface area contributed by atoms with Crippen LogP contribution in [0, 0.1) is 11.8 Å². The largest absolute Gasteiger partial charge is 0.493 e. The molecule has 1 N–H and O–H groups in total. The standard InChI is InChI=1S/C25H26N2O5/c1-30-18-9-8-16(14-20(18)31-2)11-13-26-23(28)21-19-10-12-25(32-19)15-27(24(29)22(21)25)17-6-4-3-5-7-17/h3-10,12,14,19,21-22H,11,13,15H2,1-2H3,(H,26,28)/t19-,21+,22+,25+/m1/s1. The van der Waals surface area contributed by atoms with Crippen molar-refractivity contribution in [3.05, 3.63) is 66.2 Å². The number of rotatable bonds is 7. The number of carbonyl (C=O) groups is 2. The van der Waals surface area contributed by atoms with E-state index in [1.165, 1.54) is 0 Å². The Labute approximate surface area is 186 Å². The van der Waals surface area contributed by atoms with E-state index in [0.717, 1.165) is 11.3 Å². The summed E-state index contributed by atoms with van der Waals surface area (Å²) in [6, 6.07) is 15.2. The van der Waals surface area contributed by atoms with Gasteiger partial charge in [-0.2, -0.15) is 0 Å². The van der Waals surface area contributed by atoms with Gasteiger partial charge < -0.3 is 24.4 Å². The maximum atomic E-state index is 13.3. The van der Waals surface area contributed by atoms with Gasteiger partial charge in [0.2, 0.25) is 11.8 Å². The number of nitrogens with zero attached hydrogens (tertiary/aromatic N) is 1. The first kappa shape index (κ1) is 20.6. The molecule has 4 atom stereocenters. The van der Waals surface area contributed by atoms with E-state index in [4.69, 9.17) is 14.2 Å². The predicted molar refractivity (Wildman–Crippen MR) is 119 cm³/mol. The minimum atomic E-state index is -0.719. The minimum Gasteiger partial charge on any atom is -0.493 e. The highest BCUT2D eigenvalue weighted by atomic mass is 16.5. The molecule has 5 rings (SSSR count). The van der Waals surface area contributed by atoms with Gasteiger partial charge in [0.25, 0.3) is 0 Å². The average Bonchev–Trinajstić information content (AvgIpc) is 3.47. The zero-order chi connectivity index (χ0) is 22.3. The van der Waals surface area contributed by atoms with Crippen molar-refractivity contribution in [2.24, 2.45) is 11.8 Å². The number of methoxy groups -OCH3 is 2. The number of ether oxygens (including phenoxy) is 3. The number of hydrogen-bond acceptors (Lipinski definition) is 5. The summed E-state index contributed by atoms with van der Waals surface area (Å²) < 4.78 is 16.8. The fraction of sp³-hybridized carbons (Fsp3) is 0.360. The molecule has 32 heavy (non-hydrogen) atoms. The molecule has 0 saturated carbocycles. The van der Waals surface area contributed by atoms with Gasteiger partial charge in [-0.25, -0.2) is 0 Å². The van der Waals surface area contributed by atoms with E-state index >= 15 is 0 Å². The Morgan fingerprint density at radius 2 is 1.94 bits per heavy atom. The molecule has 166 valence electrons. The molecule has 2 bridgehead atoms. The molecule has 3 aliphatic rings. The molecule has 0 aliphatic carbocycles. The number of amides is 2. The monoisotopic (exact) mass is 434 g/mol. The highest BCUT2D eigenvalue weighted by Crippen LogP contribution is 2.52. The second-order valence-corrected chi connectivity index (χ2v) is 8.39. The molecule has 3 aliphatic heterocycles. The Morgan fingerprint density at radius 3 is 2.69 bits per heavy atom. The second-order valence-electron chi connectivity index (χ2n) is 8.39. The lowest BCUT2D eigenvalue weighted by Crippen LogP contribution is -2.44. The Bertz CT molecular complexity index is 1070. The van der Waals surface area contributed by atoms with Crippen molar-refractivity contribution in [1.29, 1.82) is 0 Å². The number of fused-ring (bicyclic) bond motifs is 1. The van der Waals surface area contributed by atoms with E-state index < -0.39 is 17.4 Å². The van der Waals surface area contributed by atoms with Gasteiger partial charge in [-0.3, -0.25) is 9.59 Å². The van der Waals surface area contributed by atoms with Gasteiger partial charge in [-0.1, -0.05) is 36.4 Å². The van der Waals surface area contributed by atoms with Crippen LogP contribution in [0.1, 0.15) is 5.56 Å². The fourth-order valence-corrected chi connectivity index (χ4v) is 5.11. The molecule has 3 heterocycles. The van der Waals surface area contributed by atoms with E-state index in [0.29, 0.717) is 31.0 Å². The number of anilines is 1. The van der Waals surface area contributed by atoms with Crippen LogP contribution in [0.25, 0.3) is 0 Å². The Morgan fingerprint density at radius 1 is 1.16 bits per heavy atom. The summed E-state index contributed by atoms with van der Waals surface area (Å²) in [7, 11) is 3.19. The summed E-state index contributed by atoms with van der Waals surface area (Å²) >= 11 is 0. The molecule has 2 fully saturated rings. The van der Waals surface area contributed by atoms with Gasteiger partial charge in [0.15, 0.2) is 11.5 Å². The van der Waals surface area contributed by atoms with Crippen LogP contribution in [0.15, 0.2) is 60.7 Å². The molecular formula is C25H26N2O5. The van der Waals surface area contributed by atoms with Crippen molar-refractivity contribution < 1.29 is 23.8 Å². The molecule has 7 heteroatoms. The van der Waals surface area contributed by atoms with Crippen molar-refractivity contribution in [3.63, 3.8) is 0 Å². The lowest BCUT2D eigenvalue weighted by molar-refractivity contribution is -0.131. The van der Waals surface area contributed by atoms with Gasteiger partial charge in [0.1, 0.15) is 5.60 Å². The number of hydrogen-bond donors (Lipinski definition) is 1. The van der Waals surface area contributed by atoms with Crippen LogP contribution in [0.3, 0.4) is 0 Å². The zero-order valence-corrected chi connectivity index (χ0v) is 18.1. The third-order valence-electron chi connectivity index (χ3n) is 6.63. The quantitative estimate of drug-likeness (QED) is 0.677.